The van der Waals surface area contributed by atoms with Crippen molar-refractivity contribution in [2.75, 3.05) is 0 Å². The third-order valence-electron chi connectivity index (χ3n) is 2.88. The molecule has 3 nitrogen and oxygen atoms in total. The van der Waals surface area contributed by atoms with Crippen LogP contribution in [-0.4, -0.2) is 10.1 Å². The molecule has 0 unspecified atom stereocenters. The Kier molecular flexibility index (Phi) is 2.46. The fraction of sp³-hybridized carbons (Fsp3) is 0.308. The second-order valence-electron chi connectivity index (χ2n) is 4.14. The van der Waals surface area contributed by atoms with Crippen molar-refractivity contribution < 1.29 is 5.11 Å². The highest BCUT2D eigenvalue weighted by Crippen LogP contribution is 2.28. The van der Waals surface area contributed by atoms with E-state index in [1.807, 2.05) is 32.9 Å². The van der Waals surface area contributed by atoms with Crippen LogP contribution in [0.4, 0.5) is 0 Å². The van der Waals surface area contributed by atoms with Gasteiger partial charge in [0.2, 0.25) is 0 Å². The molecule has 2 aromatic rings. The average Bonchev–Trinajstić information content (AvgIpc) is 2.15. The maximum absolute atomic E-state index is 11.7. The summed E-state index contributed by atoms with van der Waals surface area (Å²) in [6, 6.07) is 3.88. The summed E-state index contributed by atoms with van der Waals surface area (Å²) in [6.45, 7) is 5.77. The minimum atomic E-state index is -0.197. The molecule has 0 aliphatic carbocycles. The summed E-state index contributed by atoms with van der Waals surface area (Å²) in [5, 5.41) is 10.8. The molecule has 84 valence electrons. The molecule has 0 spiro atoms. The number of aromatic amines is 1. The standard InChI is InChI=1S/C13H15NO2/c1-4-9-12(15)11-8(3)5-7(2)6-10(11)14-13(9)16/h5-6H,4H2,1-3H3,(H2,14,15,16). The van der Waals surface area contributed by atoms with Crippen molar-refractivity contribution in [2.45, 2.75) is 27.2 Å². The average molecular weight is 217 g/mol. The Morgan fingerprint density at radius 2 is 2.00 bits per heavy atom. The van der Waals surface area contributed by atoms with Crippen molar-refractivity contribution in [3.8, 4) is 5.75 Å². The Hall–Kier alpha value is -1.77. The van der Waals surface area contributed by atoms with E-state index in [4.69, 9.17) is 0 Å². The molecule has 0 saturated heterocycles. The third-order valence-corrected chi connectivity index (χ3v) is 2.88. The zero-order valence-corrected chi connectivity index (χ0v) is 9.72. The van der Waals surface area contributed by atoms with Crippen LogP contribution in [0.2, 0.25) is 0 Å². The van der Waals surface area contributed by atoms with Gasteiger partial charge in [-0.25, -0.2) is 0 Å². The Labute approximate surface area is 93.7 Å². The summed E-state index contributed by atoms with van der Waals surface area (Å²) in [5.74, 6) is 0.124. The number of pyridine rings is 1. The summed E-state index contributed by atoms with van der Waals surface area (Å²) >= 11 is 0. The van der Waals surface area contributed by atoms with Gasteiger partial charge >= 0.3 is 0 Å². The molecule has 3 heteroatoms. The molecular weight excluding hydrogens is 202 g/mol. The number of H-pyrrole nitrogens is 1. The molecule has 0 aliphatic rings. The summed E-state index contributed by atoms with van der Waals surface area (Å²) < 4.78 is 0. The highest BCUT2D eigenvalue weighted by molar-refractivity contribution is 5.89. The number of aromatic nitrogens is 1. The van der Waals surface area contributed by atoms with Crippen molar-refractivity contribution in [3.05, 3.63) is 39.2 Å². The van der Waals surface area contributed by atoms with Gasteiger partial charge in [-0.1, -0.05) is 13.0 Å². The molecule has 1 aromatic carbocycles. The van der Waals surface area contributed by atoms with Crippen molar-refractivity contribution in [3.63, 3.8) is 0 Å². The van der Waals surface area contributed by atoms with Gasteiger partial charge in [-0.15, -0.1) is 0 Å². The number of hydrogen-bond donors (Lipinski definition) is 2. The number of rotatable bonds is 1. The molecule has 0 radical (unpaired) electrons. The molecule has 0 saturated carbocycles. The predicted molar refractivity (Wildman–Crippen MR) is 65.1 cm³/mol. The minimum Gasteiger partial charge on any atom is -0.507 e. The first-order chi connectivity index (χ1) is 7.54. The lowest BCUT2D eigenvalue weighted by Crippen LogP contribution is -2.12. The largest absolute Gasteiger partial charge is 0.507 e. The van der Waals surface area contributed by atoms with Crippen LogP contribution in [0.3, 0.4) is 0 Å². The number of aryl methyl sites for hydroxylation is 2. The van der Waals surface area contributed by atoms with Crippen LogP contribution in [0.15, 0.2) is 16.9 Å². The van der Waals surface area contributed by atoms with Gasteiger partial charge in [0.15, 0.2) is 0 Å². The van der Waals surface area contributed by atoms with Crippen LogP contribution in [0.5, 0.6) is 5.75 Å². The fourth-order valence-corrected chi connectivity index (χ4v) is 2.16. The van der Waals surface area contributed by atoms with Gasteiger partial charge in [0.05, 0.1) is 11.1 Å². The topological polar surface area (TPSA) is 53.1 Å². The molecule has 2 rings (SSSR count). The number of hydrogen-bond acceptors (Lipinski definition) is 2. The van der Waals surface area contributed by atoms with E-state index in [0.29, 0.717) is 17.5 Å². The third kappa shape index (κ3) is 1.48. The first-order valence-electron chi connectivity index (χ1n) is 5.39. The van der Waals surface area contributed by atoms with Gasteiger partial charge in [-0.05, 0) is 37.5 Å². The number of nitrogens with one attached hydrogen (secondary N) is 1. The Morgan fingerprint density at radius 3 is 2.62 bits per heavy atom. The van der Waals surface area contributed by atoms with Gasteiger partial charge in [-0.3, -0.25) is 4.79 Å². The molecule has 0 amide bonds. The highest BCUT2D eigenvalue weighted by Gasteiger charge is 2.12. The minimum absolute atomic E-state index is 0.124. The SMILES string of the molecule is CCc1c(O)c2c(C)cc(C)cc2[nH]c1=O. The molecule has 0 bridgehead atoms. The molecule has 16 heavy (non-hydrogen) atoms. The van der Waals surface area contributed by atoms with Gasteiger partial charge in [0.1, 0.15) is 5.75 Å². The fourth-order valence-electron chi connectivity index (χ4n) is 2.16. The Bertz CT molecular complexity index is 611. The lowest BCUT2D eigenvalue weighted by molar-refractivity contribution is 0.473. The maximum Gasteiger partial charge on any atom is 0.255 e. The zero-order valence-electron chi connectivity index (χ0n) is 9.72. The lowest BCUT2D eigenvalue weighted by Gasteiger charge is -2.09. The van der Waals surface area contributed by atoms with Crippen LogP contribution in [0.1, 0.15) is 23.6 Å². The van der Waals surface area contributed by atoms with E-state index in [1.165, 1.54) is 0 Å². The van der Waals surface area contributed by atoms with E-state index >= 15 is 0 Å². The van der Waals surface area contributed by atoms with Gasteiger partial charge in [0.25, 0.3) is 5.56 Å². The molecule has 0 fully saturated rings. The highest BCUT2D eigenvalue weighted by atomic mass is 16.3. The van der Waals surface area contributed by atoms with Crippen molar-refractivity contribution in [1.29, 1.82) is 0 Å². The van der Waals surface area contributed by atoms with Crippen molar-refractivity contribution in [1.82, 2.24) is 4.98 Å². The summed E-state index contributed by atoms with van der Waals surface area (Å²) in [6.07, 6.45) is 0.532. The molecule has 1 aromatic heterocycles. The Morgan fingerprint density at radius 1 is 1.31 bits per heavy atom. The van der Waals surface area contributed by atoms with E-state index in [0.717, 1.165) is 16.5 Å². The molecule has 0 aliphatic heterocycles. The summed E-state index contributed by atoms with van der Waals surface area (Å²) in [4.78, 5) is 14.5. The van der Waals surface area contributed by atoms with E-state index in [9.17, 15) is 9.90 Å². The number of benzene rings is 1. The van der Waals surface area contributed by atoms with Crippen LogP contribution in [-0.2, 0) is 6.42 Å². The molecule has 2 N–H and O–H groups in total. The quantitative estimate of drug-likeness (QED) is 0.770. The smallest absolute Gasteiger partial charge is 0.255 e. The van der Waals surface area contributed by atoms with Gasteiger partial charge < -0.3 is 10.1 Å². The second-order valence-corrected chi connectivity index (χ2v) is 4.14. The monoisotopic (exact) mass is 217 g/mol. The number of fused-ring (bicyclic) bond motifs is 1. The first kappa shape index (κ1) is 10.7. The van der Waals surface area contributed by atoms with E-state index in [-0.39, 0.29) is 11.3 Å². The normalized spacial score (nSPS) is 10.9. The van der Waals surface area contributed by atoms with Gasteiger partial charge in [0, 0.05) is 5.39 Å². The van der Waals surface area contributed by atoms with Crippen molar-refractivity contribution in [2.24, 2.45) is 0 Å². The maximum atomic E-state index is 11.7. The van der Waals surface area contributed by atoms with Crippen LogP contribution in [0.25, 0.3) is 10.9 Å². The molecule has 0 atom stereocenters. The lowest BCUT2D eigenvalue weighted by atomic mass is 10.0. The predicted octanol–water partition coefficient (Wildman–Crippen LogP) is 2.41. The van der Waals surface area contributed by atoms with Crippen molar-refractivity contribution >= 4 is 10.9 Å². The van der Waals surface area contributed by atoms with Crippen LogP contribution >= 0.6 is 0 Å². The molecular formula is C13H15NO2. The van der Waals surface area contributed by atoms with E-state index in [1.54, 1.807) is 0 Å². The number of aromatic hydroxyl groups is 1. The second kappa shape index (κ2) is 3.67. The van der Waals surface area contributed by atoms with E-state index < -0.39 is 0 Å². The van der Waals surface area contributed by atoms with Crippen LogP contribution < -0.4 is 5.56 Å². The Balaban J connectivity index is 2.99. The van der Waals surface area contributed by atoms with Crippen LogP contribution in [0, 0.1) is 13.8 Å². The zero-order chi connectivity index (χ0) is 11.9. The summed E-state index contributed by atoms with van der Waals surface area (Å²) in [7, 11) is 0. The summed E-state index contributed by atoms with van der Waals surface area (Å²) in [5.41, 5.74) is 3.02. The van der Waals surface area contributed by atoms with E-state index in [2.05, 4.69) is 4.98 Å². The van der Waals surface area contributed by atoms with Gasteiger partial charge in [-0.2, -0.15) is 0 Å². The first-order valence-corrected chi connectivity index (χ1v) is 5.39. The molecule has 1 heterocycles.